The third kappa shape index (κ3) is 7.51. The summed E-state index contributed by atoms with van der Waals surface area (Å²) in [5, 5.41) is 2.83. The lowest BCUT2D eigenvalue weighted by Crippen LogP contribution is -2.52. The normalized spacial score (nSPS) is 12.1. The fourth-order valence-electron chi connectivity index (χ4n) is 3.46. The molecule has 2 rings (SSSR count). The molecule has 0 aromatic heterocycles. The number of rotatable bonds is 12. The van der Waals surface area contributed by atoms with E-state index in [2.05, 4.69) is 5.32 Å². The van der Waals surface area contributed by atoms with Crippen LogP contribution in [0.4, 0.5) is 14.5 Å². The number of hydrogen-bond acceptors (Lipinski definition) is 4. The van der Waals surface area contributed by atoms with E-state index in [4.69, 9.17) is 0 Å². The molecule has 0 spiro atoms. The van der Waals surface area contributed by atoms with Crippen molar-refractivity contribution in [3.05, 3.63) is 65.7 Å². The molecule has 2 amide bonds. The third-order valence-electron chi connectivity index (χ3n) is 5.28. The second-order valence-electron chi connectivity index (χ2n) is 7.94. The van der Waals surface area contributed by atoms with E-state index < -0.39 is 40.2 Å². The summed E-state index contributed by atoms with van der Waals surface area (Å²) in [5.41, 5.74) is 0.573. The Morgan fingerprint density at radius 1 is 1.03 bits per heavy atom. The van der Waals surface area contributed by atoms with Gasteiger partial charge in [0.25, 0.3) is 0 Å². The minimum Gasteiger partial charge on any atom is -0.354 e. The second-order valence-corrected chi connectivity index (χ2v) is 9.85. The highest BCUT2D eigenvalue weighted by molar-refractivity contribution is 7.92. The molecule has 7 nitrogen and oxygen atoms in total. The highest BCUT2D eigenvalue weighted by Crippen LogP contribution is 2.22. The van der Waals surface area contributed by atoms with Gasteiger partial charge < -0.3 is 10.2 Å². The number of nitrogens with zero attached hydrogens (tertiary/aromatic N) is 2. The molecule has 10 heteroatoms. The highest BCUT2D eigenvalue weighted by atomic mass is 32.2. The molecule has 0 radical (unpaired) electrons. The first kappa shape index (κ1) is 27.2. The molecular formula is C24H31F2N3O4S. The Labute approximate surface area is 199 Å². The van der Waals surface area contributed by atoms with E-state index in [0.717, 1.165) is 42.9 Å². The molecular weight excluding hydrogens is 464 g/mol. The first-order valence-electron chi connectivity index (χ1n) is 11.1. The lowest BCUT2D eigenvalue weighted by molar-refractivity contribution is -0.140. The van der Waals surface area contributed by atoms with E-state index in [9.17, 15) is 26.8 Å². The van der Waals surface area contributed by atoms with Crippen molar-refractivity contribution in [3.63, 3.8) is 0 Å². The number of carbonyl (C=O) groups is 2. The maximum atomic E-state index is 13.8. The van der Waals surface area contributed by atoms with Crippen LogP contribution in [0.5, 0.6) is 0 Å². The molecule has 0 aliphatic carbocycles. The predicted octanol–water partition coefficient (Wildman–Crippen LogP) is 3.45. The average Bonchev–Trinajstić information content (AvgIpc) is 2.79. The number of sulfonamides is 1. The zero-order chi connectivity index (χ0) is 25.3. The molecule has 1 N–H and O–H groups in total. The van der Waals surface area contributed by atoms with Crippen molar-refractivity contribution in [1.82, 2.24) is 10.2 Å². The molecule has 0 aliphatic rings. The van der Waals surface area contributed by atoms with Crippen molar-refractivity contribution in [1.29, 1.82) is 0 Å². The molecule has 1 atom stereocenters. The van der Waals surface area contributed by atoms with Gasteiger partial charge in [-0.3, -0.25) is 13.9 Å². The number of carbonyl (C=O) groups excluding carboxylic acids is 2. The van der Waals surface area contributed by atoms with Gasteiger partial charge in [-0.05, 0) is 30.5 Å². The molecule has 0 fully saturated rings. The average molecular weight is 496 g/mol. The van der Waals surface area contributed by atoms with Gasteiger partial charge in [-0.15, -0.1) is 0 Å². The van der Waals surface area contributed by atoms with Crippen molar-refractivity contribution in [2.75, 3.05) is 23.7 Å². The Hall–Kier alpha value is -3.01. The van der Waals surface area contributed by atoms with Crippen LogP contribution in [0.3, 0.4) is 0 Å². The maximum absolute atomic E-state index is 13.8. The number of halogens is 2. The van der Waals surface area contributed by atoms with E-state index in [-0.39, 0.29) is 18.1 Å². The fourth-order valence-corrected chi connectivity index (χ4v) is 4.30. The van der Waals surface area contributed by atoms with Gasteiger partial charge in [0.15, 0.2) is 11.6 Å². The first-order valence-corrected chi connectivity index (χ1v) is 13.0. The van der Waals surface area contributed by atoms with Gasteiger partial charge in [0.05, 0.1) is 11.9 Å². The summed E-state index contributed by atoms with van der Waals surface area (Å²) >= 11 is 0. The Balaban J connectivity index is 2.39. The molecule has 34 heavy (non-hydrogen) atoms. The van der Waals surface area contributed by atoms with Crippen LogP contribution in [0, 0.1) is 11.6 Å². The zero-order valence-corrected chi connectivity index (χ0v) is 20.4. The van der Waals surface area contributed by atoms with Crippen molar-refractivity contribution >= 4 is 27.5 Å². The van der Waals surface area contributed by atoms with Gasteiger partial charge in [-0.1, -0.05) is 50.6 Å². The summed E-state index contributed by atoms with van der Waals surface area (Å²) in [6.45, 7) is 3.62. The van der Waals surface area contributed by atoms with E-state index in [1.54, 1.807) is 31.2 Å². The van der Waals surface area contributed by atoms with Gasteiger partial charge in [0.1, 0.15) is 12.6 Å². The lowest BCUT2D eigenvalue weighted by atomic mass is 10.1. The summed E-state index contributed by atoms with van der Waals surface area (Å²) in [5.74, 6) is -3.35. The second kappa shape index (κ2) is 12.5. The fraction of sp³-hybridized carbons (Fsp3) is 0.417. The number of amides is 2. The molecule has 1 unspecified atom stereocenters. The molecule has 0 bridgehead atoms. The Morgan fingerprint density at radius 3 is 2.26 bits per heavy atom. The van der Waals surface area contributed by atoms with Gasteiger partial charge in [-0.2, -0.15) is 0 Å². The number of unbranched alkanes of at least 4 members (excludes halogenated alkanes) is 1. The Kier molecular flexibility index (Phi) is 9.97. The lowest BCUT2D eigenvalue weighted by Gasteiger charge is -2.33. The number of nitrogens with one attached hydrogen (secondary N) is 1. The Morgan fingerprint density at radius 2 is 1.71 bits per heavy atom. The SMILES string of the molecule is CCCCNC(=O)C(CC)N(Cc1ccccc1)C(=O)CN(c1ccc(F)c(F)c1)S(C)(=O)=O. The van der Waals surface area contributed by atoms with Gasteiger partial charge >= 0.3 is 0 Å². The van der Waals surface area contributed by atoms with Gasteiger partial charge in [0, 0.05) is 19.2 Å². The van der Waals surface area contributed by atoms with Crippen LogP contribution in [-0.2, 0) is 26.2 Å². The number of hydrogen-bond donors (Lipinski definition) is 1. The molecule has 0 saturated carbocycles. The van der Waals surface area contributed by atoms with Crippen LogP contribution in [0.1, 0.15) is 38.7 Å². The topological polar surface area (TPSA) is 86.8 Å². The van der Waals surface area contributed by atoms with Crippen LogP contribution in [-0.4, -0.2) is 50.5 Å². The van der Waals surface area contributed by atoms with Crippen molar-refractivity contribution in [2.45, 2.75) is 45.7 Å². The minimum absolute atomic E-state index is 0.0781. The van der Waals surface area contributed by atoms with Crippen LogP contribution in [0.2, 0.25) is 0 Å². The van der Waals surface area contributed by atoms with Crippen molar-refractivity contribution < 1.29 is 26.8 Å². The van der Waals surface area contributed by atoms with Crippen molar-refractivity contribution in [3.8, 4) is 0 Å². The smallest absolute Gasteiger partial charge is 0.244 e. The Bertz CT molecular complexity index is 1080. The maximum Gasteiger partial charge on any atom is 0.244 e. The predicted molar refractivity (Wildman–Crippen MR) is 128 cm³/mol. The number of anilines is 1. The largest absolute Gasteiger partial charge is 0.354 e. The third-order valence-corrected chi connectivity index (χ3v) is 6.42. The summed E-state index contributed by atoms with van der Waals surface area (Å²) in [6.07, 6.45) is 2.85. The molecule has 0 saturated heterocycles. The quantitative estimate of drug-likeness (QED) is 0.457. The van der Waals surface area contributed by atoms with Gasteiger partial charge in [0.2, 0.25) is 21.8 Å². The molecule has 186 valence electrons. The van der Waals surface area contributed by atoms with E-state index >= 15 is 0 Å². The van der Waals surface area contributed by atoms with Crippen LogP contribution < -0.4 is 9.62 Å². The van der Waals surface area contributed by atoms with E-state index in [0.29, 0.717) is 17.3 Å². The van der Waals surface area contributed by atoms with Gasteiger partial charge in [-0.25, -0.2) is 17.2 Å². The highest BCUT2D eigenvalue weighted by Gasteiger charge is 2.31. The molecule has 2 aromatic rings. The van der Waals surface area contributed by atoms with Crippen LogP contribution in [0.25, 0.3) is 0 Å². The van der Waals surface area contributed by atoms with Crippen molar-refractivity contribution in [2.24, 2.45) is 0 Å². The minimum atomic E-state index is -4.02. The zero-order valence-electron chi connectivity index (χ0n) is 19.6. The summed E-state index contributed by atoms with van der Waals surface area (Å²) < 4.78 is 52.8. The first-order chi connectivity index (χ1) is 16.1. The molecule has 0 aliphatic heterocycles. The van der Waals surface area contributed by atoms with Crippen LogP contribution >= 0.6 is 0 Å². The number of benzene rings is 2. The van der Waals surface area contributed by atoms with Crippen LogP contribution in [0.15, 0.2) is 48.5 Å². The molecule has 0 heterocycles. The molecule has 2 aromatic carbocycles. The summed E-state index contributed by atoms with van der Waals surface area (Å²) in [6, 6.07) is 10.8. The van der Waals surface area contributed by atoms with E-state index in [1.807, 2.05) is 13.0 Å². The standard InChI is InChI=1S/C24H31F2N3O4S/c1-4-6-14-27-24(31)22(5-2)28(16-18-10-8-7-9-11-18)23(30)17-29(34(3,32)33)19-12-13-20(25)21(26)15-19/h7-13,15,22H,4-6,14,16-17H2,1-3H3,(H,27,31). The monoisotopic (exact) mass is 495 g/mol. The summed E-state index contributed by atoms with van der Waals surface area (Å²) in [7, 11) is -4.02. The summed E-state index contributed by atoms with van der Waals surface area (Å²) in [4.78, 5) is 27.7. The van der Waals surface area contributed by atoms with E-state index in [1.165, 1.54) is 4.90 Å².